The summed E-state index contributed by atoms with van der Waals surface area (Å²) in [4.78, 5) is 16.7. The monoisotopic (exact) mass is 405 g/mol. The van der Waals surface area contributed by atoms with Crippen LogP contribution in [-0.2, 0) is 19.2 Å². The predicted octanol–water partition coefficient (Wildman–Crippen LogP) is 1.55. The summed E-state index contributed by atoms with van der Waals surface area (Å²) < 4.78 is 31.7. The van der Waals surface area contributed by atoms with Gasteiger partial charge in [-0.15, -0.1) is 16.0 Å². The number of nitrogens with one attached hydrogen (secondary N) is 1. The van der Waals surface area contributed by atoms with Crippen LogP contribution in [0.5, 0.6) is 5.75 Å². The highest BCUT2D eigenvalue weighted by Crippen LogP contribution is 2.37. The summed E-state index contributed by atoms with van der Waals surface area (Å²) in [6, 6.07) is 3.47. The maximum absolute atomic E-state index is 12.3. The minimum atomic E-state index is -3.77. The molecule has 0 saturated carbocycles. The zero-order valence-corrected chi connectivity index (χ0v) is 15.8. The third-order valence-corrected chi connectivity index (χ3v) is 4.36. The highest BCUT2D eigenvalue weighted by molar-refractivity contribution is 7.98. The zero-order chi connectivity index (χ0) is 18.6. The van der Waals surface area contributed by atoms with Crippen LogP contribution in [0.25, 0.3) is 6.08 Å². The molecule has 1 aliphatic rings. The fraction of sp³-hybridized carbons (Fsp3) is 0.286. The molecule has 1 aliphatic heterocycles. The van der Waals surface area contributed by atoms with E-state index >= 15 is 0 Å². The summed E-state index contributed by atoms with van der Waals surface area (Å²) in [5, 5.41) is 0.517. The number of nitrogens with two attached hydrogens (primary N) is 1. The van der Waals surface area contributed by atoms with Gasteiger partial charge in [0.1, 0.15) is 5.75 Å². The van der Waals surface area contributed by atoms with Crippen molar-refractivity contribution in [1.82, 2.24) is 5.48 Å². The predicted molar refractivity (Wildman–Crippen MR) is 97.0 cm³/mol. The molecule has 0 aromatic heterocycles. The molecular weight excluding hydrogens is 390 g/mol. The number of guanidine groups is 1. The van der Waals surface area contributed by atoms with Crippen molar-refractivity contribution < 1.29 is 22.2 Å². The van der Waals surface area contributed by atoms with Gasteiger partial charge in [0.2, 0.25) is 5.96 Å². The molecule has 11 heteroatoms. The van der Waals surface area contributed by atoms with E-state index in [4.69, 9.17) is 22.1 Å². The molecule has 0 spiro atoms. The molecule has 1 aromatic rings. The Morgan fingerprint density at radius 2 is 2.20 bits per heavy atom. The van der Waals surface area contributed by atoms with Crippen molar-refractivity contribution in [3.05, 3.63) is 28.3 Å². The number of thioether (sulfide) groups is 1. The first kappa shape index (κ1) is 19.6. The molecule has 136 valence electrons. The van der Waals surface area contributed by atoms with Crippen molar-refractivity contribution in [3.63, 3.8) is 0 Å². The topological polar surface area (TPSA) is 120 Å². The minimum absolute atomic E-state index is 0.280. The van der Waals surface area contributed by atoms with Crippen molar-refractivity contribution in [2.45, 2.75) is 11.3 Å². The second kappa shape index (κ2) is 8.09. The summed E-state index contributed by atoms with van der Waals surface area (Å²) >= 11 is 7.58. The van der Waals surface area contributed by atoms with Crippen molar-refractivity contribution in [2.75, 3.05) is 19.1 Å². The van der Waals surface area contributed by atoms with E-state index in [1.807, 2.05) is 11.7 Å². The number of carbonyl (C=O) groups excluding carboxylic acids is 1. The summed E-state index contributed by atoms with van der Waals surface area (Å²) in [7, 11) is -3.77. The number of hydrogen-bond acceptors (Lipinski definition) is 6. The summed E-state index contributed by atoms with van der Waals surface area (Å²) in [5.41, 5.74) is 8.33. The van der Waals surface area contributed by atoms with E-state index in [1.54, 1.807) is 18.2 Å². The number of rotatable bonds is 4. The number of carbonyl (C=O) groups is 1. The van der Waals surface area contributed by atoms with Crippen molar-refractivity contribution in [3.8, 4) is 5.75 Å². The van der Waals surface area contributed by atoms with Gasteiger partial charge in [-0.05, 0) is 24.5 Å². The van der Waals surface area contributed by atoms with Crippen LogP contribution in [0, 0.1) is 0 Å². The molecule has 1 aromatic carbocycles. The summed E-state index contributed by atoms with van der Waals surface area (Å²) in [6.07, 6.45) is 4.66. The SMILES string of the molecule is CSc1cc(Cl)cc2c1OCCC(C(=O)N=C(N)NOS(C)(=O)=O)=C2. The Labute approximate surface area is 154 Å². The van der Waals surface area contributed by atoms with E-state index in [0.29, 0.717) is 28.3 Å². The number of benzene rings is 1. The van der Waals surface area contributed by atoms with Gasteiger partial charge in [0.25, 0.3) is 16.0 Å². The van der Waals surface area contributed by atoms with Crippen LogP contribution < -0.4 is 16.0 Å². The fourth-order valence-corrected chi connectivity index (χ4v) is 3.15. The molecule has 1 amide bonds. The van der Waals surface area contributed by atoms with E-state index < -0.39 is 22.0 Å². The Balaban J connectivity index is 2.27. The third-order valence-electron chi connectivity index (χ3n) is 3.01. The summed E-state index contributed by atoms with van der Waals surface area (Å²) in [5.74, 6) is -0.461. The molecule has 1 heterocycles. The quantitative estimate of drug-likeness (QED) is 0.335. The van der Waals surface area contributed by atoms with Gasteiger partial charge in [0.05, 0.1) is 17.8 Å². The van der Waals surface area contributed by atoms with Gasteiger partial charge in [-0.25, -0.2) is 5.48 Å². The average molecular weight is 406 g/mol. The van der Waals surface area contributed by atoms with E-state index in [1.165, 1.54) is 11.8 Å². The highest BCUT2D eigenvalue weighted by atomic mass is 35.5. The molecule has 0 saturated heterocycles. The normalized spacial score (nSPS) is 14.8. The minimum Gasteiger partial charge on any atom is -0.491 e. The number of hydrogen-bond donors (Lipinski definition) is 2. The van der Waals surface area contributed by atoms with Crippen LogP contribution >= 0.6 is 23.4 Å². The maximum atomic E-state index is 12.3. The van der Waals surface area contributed by atoms with Crippen molar-refractivity contribution in [2.24, 2.45) is 10.7 Å². The standard InChI is InChI=1S/C14H16ClN3O5S2/c1-24-11-7-10(15)6-9-5-8(3-4-22-12(9)11)13(19)17-14(16)18-23-25(2,20)21/h5-7H,3-4H2,1-2H3,(H3,16,17,18,19). The fourth-order valence-electron chi connectivity index (χ4n) is 2.02. The second-order valence-electron chi connectivity index (χ2n) is 4.99. The summed E-state index contributed by atoms with van der Waals surface area (Å²) in [6.45, 7) is 0.280. The molecule has 0 fully saturated rings. The number of hydroxylamine groups is 1. The lowest BCUT2D eigenvalue weighted by Crippen LogP contribution is -2.34. The molecule has 0 atom stereocenters. The average Bonchev–Trinajstić information content (AvgIpc) is 2.73. The lowest BCUT2D eigenvalue weighted by atomic mass is 10.1. The number of ether oxygens (including phenoxy) is 1. The van der Waals surface area contributed by atoms with E-state index in [-0.39, 0.29) is 6.61 Å². The maximum Gasteiger partial charge on any atom is 0.285 e. The van der Waals surface area contributed by atoms with Gasteiger partial charge in [-0.1, -0.05) is 11.6 Å². The number of aliphatic imine (C=N–C) groups is 1. The Bertz CT molecular complexity index is 852. The lowest BCUT2D eigenvalue weighted by Gasteiger charge is -2.11. The number of halogens is 1. The first-order chi connectivity index (χ1) is 11.7. The van der Waals surface area contributed by atoms with Gasteiger partial charge in [-0.3, -0.25) is 4.79 Å². The van der Waals surface area contributed by atoms with Gasteiger partial charge < -0.3 is 10.5 Å². The molecule has 3 N–H and O–H groups in total. The first-order valence-corrected chi connectivity index (χ1v) is 10.4. The van der Waals surface area contributed by atoms with Crippen LogP contribution in [0.15, 0.2) is 27.6 Å². The van der Waals surface area contributed by atoms with Crippen LogP contribution in [-0.4, -0.2) is 39.4 Å². The van der Waals surface area contributed by atoms with E-state index in [0.717, 1.165) is 11.2 Å². The second-order valence-corrected chi connectivity index (χ2v) is 7.85. The molecular formula is C14H16ClN3O5S2. The Morgan fingerprint density at radius 1 is 1.48 bits per heavy atom. The van der Waals surface area contributed by atoms with Crippen molar-refractivity contribution >= 4 is 51.4 Å². The van der Waals surface area contributed by atoms with Crippen LogP contribution in [0.1, 0.15) is 12.0 Å². The van der Waals surface area contributed by atoms with Crippen LogP contribution in [0.2, 0.25) is 5.02 Å². The van der Waals surface area contributed by atoms with Crippen LogP contribution in [0.4, 0.5) is 0 Å². The molecule has 0 bridgehead atoms. The van der Waals surface area contributed by atoms with Gasteiger partial charge in [0, 0.05) is 22.6 Å². The zero-order valence-electron chi connectivity index (χ0n) is 13.4. The number of fused-ring (bicyclic) bond motifs is 1. The van der Waals surface area contributed by atoms with E-state index in [2.05, 4.69) is 9.28 Å². The largest absolute Gasteiger partial charge is 0.491 e. The van der Waals surface area contributed by atoms with Crippen molar-refractivity contribution in [1.29, 1.82) is 0 Å². The molecule has 2 rings (SSSR count). The van der Waals surface area contributed by atoms with Crippen LogP contribution in [0.3, 0.4) is 0 Å². The molecule has 0 unspecified atom stereocenters. The third kappa shape index (κ3) is 5.63. The Kier molecular flexibility index (Phi) is 6.33. The Hall–Kier alpha value is -1.75. The lowest BCUT2D eigenvalue weighted by molar-refractivity contribution is -0.114. The number of amides is 1. The Morgan fingerprint density at radius 3 is 2.84 bits per heavy atom. The molecule has 0 radical (unpaired) electrons. The van der Waals surface area contributed by atoms with Gasteiger partial charge in [0.15, 0.2) is 0 Å². The smallest absolute Gasteiger partial charge is 0.285 e. The van der Waals surface area contributed by atoms with Gasteiger partial charge >= 0.3 is 0 Å². The molecule has 25 heavy (non-hydrogen) atoms. The highest BCUT2D eigenvalue weighted by Gasteiger charge is 2.18. The first-order valence-electron chi connectivity index (χ1n) is 6.93. The molecule has 0 aliphatic carbocycles. The number of nitrogens with zero attached hydrogens (tertiary/aromatic N) is 1. The molecule has 8 nitrogen and oxygen atoms in total. The van der Waals surface area contributed by atoms with E-state index in [9.17, 15) is 13.2 Å². The van der Waals surface area contributed by atoms with Gasteiger partial charge in [-0.2, -0.15) is 13.4 Å².